The van der Waals surface area contributed by atoms with Gasteiger partial charge in [-0.2, -0.15) is 13.2 Å². The van der Waals surface area contributed by atoms with E-state index in [4.69, 9.17) is 9.47 Å². The minimum absolute atomic E-state index is 0.0274. The first-order valence-corrected chi connectivity index (χ1v) is 13.6. The number of nitrogens with one attached hydrogen (secondary N) is 1. The van der Waals surface area contributed by atoms with E-state index >= 15 is 0 Å². The van der Waals surface area contributed by atoms with E-state index in [0.29, 0.717) is 28.3 Å². The lowest BCUT2D eigenvalue weighted by Crippen LogP contribution is -2.45. The van der Waals surface area contributed by atoms with Crippen molar-refractivity contribution in [3.8, 4) is 11.5 Å². The van der Waals surface area contributed by atoms with Crippen molar-refractivity contribution in [2.45, 2.75) is 45.7 Å². The molecule has 0 saturated heterocycles. The predicted molar refractivity (Wildman–Crippen MR) is 153 cm³/mol. The number of carbonyl (C=O) groups excluding carboxylic acids is 1. The van der Waals surface area contributed by atoms with Crippen molar-refractivity contribution in [3.63, 3.8) is 0 Å². The molecular formula is C33H29F3N2O4. The summed E-state index contributed by atoms with van der Waals surface area (Å²) in [4.78, 5) is 15.2. The quantitative estimate of drug-likeness (QED) is 0.311. The molecule has 1 aliphatic carbocycles. The lowest BCUT2D eigenvalue weighted by atomic mass is 9.67. The summed E-state index contributed by atoms with van der Waals surface area (Å²) in [6.07, 6.45) is -4.31. The maximum absolute atomic E-state index is 14.3. The zero-order chi connectivity index (χ0) is 30.0. The summed E-state index contributed by atoms with van der Waals surface area (Å²) in [7, 11) is 0. The van der Waals surface area contributed by atoms with Crippen LogP contribution < -0.4 is 14.4 Å². The first kappa shape index (κ1) is 27.6. The van der Waals surface area contributed by atoms with Gasteiger partial charge in [0.1, 0.15) is 11.6 Å². The molecule has 6 nitrogen and oxygen atoms in total. The molecule has 0 saturated carbocycles. The van der Waals surface area contributed by atoms with Gasteiger partial charge in [-0.3, -0.25) is 15.1 Å². The smallest absolute Gasteiger partial charge is 0.418 e. The zero-order valence-electron chi connectivity index (χ0n) is 23.3. The van der Waals surface area contributed by atoms with Crippen molar-refractivity contribution < 1.29 is 32.5 Å². The molecule has 9 heteroatoms. The number of aliphatic hydroxyl groups excluding tert-OH is 1. The molecule has 3 aliphatic rings. The SMILES string of the molecule is Cc1ccc(/C(O)=C2\C(=N)N(c3ccccc3C(F)(F)F)C3=C(C(=O)CC(C)(C)C3)[C@@H]2c2ccc3c(c2)OCO3)cc1. The highest BCUT2D eigenvalue weighted by Crippen LogP contribution is 2.53. The van der Waals surface area contributed by atoms with E-state index in [9.17, 15) is 28.5 Å². The average Bonchev–Trinajstić information content (AvgIpc) is 3.39. The molecule has 0 spiro atoms. The second-order valence-corrected chi connectivity index (χ2v) is 11.7. The van der Waals surface area contributed by atoms with Gasteiger partial charge in [0.25, 0.3) is 0 Å². The van der Waals surface area contributed by atoms with Gasteiger partial charge in [-0.1, -0.05) is 61.9 Å². The van der Waals surface area contributed by atoms with Crippen LogP contribution in [0.1, 0.15) is 54.9 Å². The van der Waals surface area contributed by atoms with Crippen LogP contribution in [0.3, 0.4) is 0 Å². The van der Waals surface area contributed by atoms with Crippen molar-refractivity contribution in [1.29, 1.82) is 5.41 Å². The maximum atomic E-state index is 14.3. The summed E-state index contributed by atoms with van der Waals surface area (Å²) in [5.74, 6) is -0.841. The van der Waals surface area contributed by atoms with Gasteiger partial charge >= 0.3 is 6.18 Å². The number of hydrogen-bond acceptors (Lipinski definition) is 5. The van der Waals surface area contributed by atoms with Gasteiger partial charge in [0.2, 0.25) is 6.79 Å². The first-order valence-electron chi connectivity index (χ1n) is 13.6. The van der Waals surface area contributed by atoms with Crippen molar-refractivity contribution in [2.24, 2.45) is 5.41 Å². The Kier molecular flexibility index (Phi) is 6.44. The third kappa shape index (κ3) is 4.62. The minimum Gasteiger partial charge on any atom is -0.507 e. The van der Waals surface area contributed by atoms with E-state index in [-0.39, 0.29) is 53.8 Å². The first-order chi connectivity index (χ1) is 19.9. The Labute approximate surface area is 241 Å². The number of ketones is 1. The molecule has 0 aromatic heterocycles. The minimum atomic E-state index is -4.72. The Hall–Kier alpha value is -4.53. The third-order valence-electron chi connectivity index (χ3n) is 7.98. The topological polar surface area (TPSA) is 82.9 Å². The van der Waals surface area contributed by atoms with Crippen LogP contribution in [0, 0.1) is 17.7 Å². The van der Waals surface area contributed by atoms with Crippen molar-refractivity contribution in [1.82, 2.24) is 0 Å². The van der Waals surface area contributed by atoms with Crippen LogP contribution in [0.2, 0.25) is 0 Å². The number of Topliss-reactive ketones (excluding diaryl/α,β-unsaturated/α-hetero) is 1. The highest BCUT2D eigenvalue weighted by Gasteiger charge is 2.48. The number of allylic oxidation sites excluding steroid dienone is 2. The lowest BCUT2D eigenvalue weighted by molar-refractivity contribution is -0.137. The molecule has 0 unspecified atom stereocenters. The number of alkyl halides is 3. The fourth-order valence-corrected chi connectivity index (χ4v) is 6.08. The summed E-state index contributed by atoms with van der Waals surface area (Å²) >= 11 is 0. The monoisotopic (exact) mass is 574 g/mol. The van der Waals surface area contributed by atoms with Crippen molar-refractivity contribution in [2.75, 3.05) is 11.7 Å². The Morgan fingerprint density at radius 1 is 1.00 bits per heavy atom. The molecule has 2 heterocycles. The summed E-state index contributed by atoms with van der Waals surface area (Å²) in [5.41, 5.74) is 0.709. The molecular weight excluding hydrogens is 545 g/mol. The number of fused-ring (bicyclic) bond motifs is 1. The largest absolute Gasteiger partial charge is 0.507 e. The van der Waals surface area contributed by atoms with Crippen LogP contribution in [-0.4, -0.2) is 23.5 Å². The van der Waals surface area contributed by atoms with Crippen LogP contribution in [0.15, 0.2) is 83.6 Å². The highest BCUT2D eigenvalue weighted by atomic mass is 19.4. The molecule has 6 rings (SSSR count). The number of ether oxygens (including phenoxy) is 2. The van der Waals surface area contributed by atoms with Crippen LogP contribution in [-0.2, 0) is 11.0 Å². The molecule has 0 radical (unpaired) electrons. The predicted octanol–water partition coefficient (Wildman–Crippen LogP) is 7.94. The van der Waals surface area contributed by atoms with Gasteiger partial charge in [0, 0.05) is 34.7 Å². The Morgan fingerprint density at radius 3 is 2.40 bits per heavy atom. The number of benzene rings is 3. The number of halogens is 3. The molecule has 3 aromatic carbocycles. The van der Waals surface area contributed by atoms with E-state index in [2.05, 4.69) is 0 Å². The maximum Gasteiger partial charge on any atom is 0.418 e. The molecule has 0 bridgehead atoms. The number of rotatable bonds is 3. The van der Waals surface area contributed by atoms with Crippen LogP contribution in [0.5, 0.6) is 11.5 Å². The van der Waals surface area contributed by atoms with Crippen LogP contribution >= 0.6 is 0 Å². The molecule has 2 aliphatic heterocycles. The molecule has 3 aromatic rings. The normalized spacial score (nSPS) is 21.0. The summed E-state index contributed by atoms with van der Waals surface area (Å²) in [5, 5.41) is 21.3. The summed E-state index contributed by atoms with van der Waals surface area (Å²) in [6.45, 7) is 5.69. The molecule has 2 N–H and O–H groups in total. The fourth-order valence-electron chi connectivity index (χ4n) is 6.08. The van der Waals surface area contributed by atoms with Gasteiger partial charge in [0.15, 0.2) is 17.3 Å². The van der Waals surface area contributed by atoms with Gasteiger partial charge in [0.05, 0.1) is 11.3 Å². The summed E-state index contributed by atoms with van der Waals surface area (Å²) < 4.78 is 54.1. The van der Waals surface area contributed by atoms with Crippen LogP contribution in [0.4, 0.5) is 18.9 Å². The lowest BCUT2D eigenvalue weighted by Gasteiger charge is -2.45. The standard InChI is InChI=1S/C33H29F3N2O4/c1-18-8-10-19(11-9-18)30(40)29-27(20-12-13-25-26(14-20)42-17-41-25)28-23(15-32(2,3)16-24(28)39)38(31(29)37)22-7-5-4-6-21(22)33(34,35)36/h4-14,27,37,40H,15-17H2,1-3H3/b30-29+,37-31?/t27-/m0/s1. The van der Waals surface area contributed by atoms with Gasteiger partial charge < -0.3 is 14.6 Å². The van der Waals surface area contributed by atoms with Crippen molar-refractivity contribution >= 4 is 23.1 Å². The van der Waals surface area contributed by atoms with E-state index in [1.807, 2.05) is 20.8 Å². The average molecular weight is 575 g/mol. The fraction of sp³-hybridized carbons (Fsp3) is 0.273. The number of anilines is 1. The van der Waals surface area contributed by atoms with E-state index in [1.54, 1.807) is 42.5 Å². The Bertz CT molecular complexity index is 1690. The van der Waals surface area contributed by atoms with E-state index < -0.39 is 23.1 Å². The number of hydrogen-bond donors (Lipinski definition) is 2. The van der Waals surface area contributed by atoms with E-state index in [1.165, 1.54) is 23.1 Å². The zero-order valence-corrected chi connectivity index (χ0v) is 23.3. The summed E-state index contributed by atoms with van der Waals surface area (Å²) in [6, 6.07) is 17.1. The molecule has 0 fully saturated rings. The molecule has 0 amide bonds. The molecule has 1 atom stereocenters. The molecule has 42 heavy (non-hydrogen) atoms. The number of aryl methyl sites for hydroxylation is 1. The number of amidine groups is 1. The second-order valence-electron chi connectivity index (χ2n) is 11.7. The van der Waals surface area contributed by atoms with Crippen molar-refractivity contribution in [3.05, 3.63) is 106 Å². The van der Waals surface area contributed by atoms with Gasteiger partial charge in [-0.15, -0.1) is 0 Å². The number of nitrogens with zero attached hydrogens (tertiary/aromatic N) is 1. The van der Waals surface area contributed by atoms with E-state index in [0.717, 1.165) is 11.6 Å². The number of aliphatic hydroxyl groups is 1. The van der Waals surface area contributed by atoms with Gasteiger partial charge in [-0.05, 0) is 48.6 Å². The Balaban J connectivity index is 1.69. The number of carbonyl (C=O) groups is 1. The second kappa shape index (κ2) is 9.79. The third-order valence-corrected chi connectivity index (χ3v) is 7.98. The Morgan fingerprint density at radius 2 is 1.69 bits per heavy atom. The number of para-hydroxylation sites is 1. The highest BCUT2D eigenvalue weighted by molar-refractivity contribution is 6.20. The molecule has 216 valence electrons. The van der Waals surface area contributed by atoms with Gasteiger partial charge in [-0.25, -0.2) is 0 Å². The van der Waals surface area contributed by atoms with Crippen LogP contribution in [0.25, 0.3) is 5.76 Å².